The highest BCUT2D eigenvalue weighted by atomic mass is 19.4. The second-order valence-electron chi connectivity index (χ2n) is 5.48. The van der Waals surface area contributed by atoms with Crippen LogP contribution in [0.15, 0.2) is 35.6 Å². The number of halogens is 3. The van der Waals surface area contributed by atoms with Gasteiger partial charge >= 0.3 is 6.18 Å². The van der Waals surface area contributed by atoms with Crippen molar-refractivity contribution in [3.63, 3.8) is 0 Å². The van der Waals surface area contributed by atoms with E-state index in [2.05, 4.69) is 11.6 Å². The summed E-state index contributed by atoms with van der Waals surface area (Å²) in [6.07, 6.45) is -2.95. The van der Waals surface area contributed by atoms with Crippen molar-refractivity contribution in [3.8, 4) is 5.75 Å². The molecule has 0 radical (unpaired) electrons. The number of fused-ring (bicyclic) bond motifs is 3. The molecule has 1 atom stereocenters. The summed E-state index contributed by atoms with van der Waals surface area (Å²) in [6.45, 7) is 6.36. The van der Waals surface area contributed by atoms with Gasteiger partial charge in [0.15, 0.2) is 5.75 Å². The summed E-state index contributed by atoms with van der Waals surface area (Å²) in [4.78, 5) is 15.9. The molecule has 3 rings (SSSR count). The molecule has 1 aromatic carbocycles. The van der Waals surface area contributed by atoms with Crippen LogP contribution in [0.1, 0.15) is 12.5 Å². The summed E-state index contributed by atoms with van der Waals surface area (Å²) in [5, 5.41) is -0.115. The van der Waals surface area contributed by atoms with Crippen LogP contribution in [-0.2, 0) is 6.18 Å². The largest absolute Gasteiger partial charge is 0.489 e. The van der Waals surface area contributed by atoms with Crippen molar-refractivity contribution < 1.29 is 17.9 Å². The predicted molar refractivity (Wildman–Crippen MR) is 82.1 cm³/mol. The second-order valence-corrected chi connectivity index (χ2v) is 5.48. The SMILES string of the molecule is C=CCN1c2ccc3[nH]c(=O)cc(C(F)(F)F)c3c2OCC1C. The number of alkyl halides is 3. The molecule has 0 saturated heterocycles. The summed E-state index contributed by atoms with van der Waals surface area (Å²) in [6, 6.07) is 3.71. The number of nitrogens with one attached hydrogen (secondary N) is 1. The van der Waals surface area contributed by atoms with Crippen LogP contribution in [0.25, 0.3) is 10.9 Å². The first kappa shape index (κ1) is 15.5. The molecular formula is C16H15F3N2O2. The fraction of sp³-hybridized carbons (Fsp3) is 0.312. The molecule has 1 aliphatic heterocycles. The minimum Gasteiger partial charge on any atom is -0.489 e. The number of benzene rings is 1. The Labute approximate surface area is 130 Å². The van der Waals surface area contributed by atoms with Crippen molar-refractivity contribution in [2.75, 3.05) is 18.1 Å². The summed E-state index contributed by atoms with van der Waals surface area (Å²) in [5.74, 6) is 0.144. The molecule has 0 fully saturated rings. The third-order valence-electron chi connectivity index (χ3n) is 3.88. The average Bonchev–Trinajstić information content (AvgIpc) is 2.47. The number of pyridine rings is 1. The number of aromatic nitrogens is 1. The lowest BCUT2D eigenvalue weighted by Crippen LogP contribution is -2.41. The van der Waals surface area contributed by atoms with Crippen LogP contribution in [0, 0.1) is 0 Å². The van der Waals surface area contributed by atoms with E-state index >= 15 is 0 Å². The van der Waals surface area contributed by atoms with Gasteiger partial charge in [-0.25, -0.2) is 0 Å². The maximum Gasteiger partial charge on any atom is 0.417 e. The zero-order valence-corrected chi connectivity index (χ0v) is 12.4. The summed E-state index contributed by atoms with van der Waals surface area (Å²) in [5.41, 5.74) is -1.11. The van der Waals surface area contributed by atoms with Gasteiger partial charge in [-0.05, 0) is 19.1 Å². The monoisotopic (exact) mass is 324 g/mol. The highest BCUT2D eigenvalue weighted by Gasteiger charge is 2.36. The van der Waals surface area contributed by atoms with Gasteiger partial charge in [-0.1, -0.05) is 6.08 Å². The van der Waals surface area contributed by atoms with E-state index in [1.54, 1.807) is 12.1 Å². The van der Waals surface area contributed by atoms with E-state index in [1.807, 2.05) is 11.8 Å². The molecule has 0 amide bonds. The first-order valence-corrected chi connectivity index (χ1v) is 7.10. The summed E-state index contributed by atoms with van der Waals surface area (Å²) < 4.78 is 45.7. The Kier molecular flexibility index (Phi) is 3.58. The van der Waals surface area contributed by atoms with Crippen LogP contribution in [-0.4, -0.2) is 24.2 Å². The van der Waals surface area contributed by atoms with Gasteiger partial charge < -0.3 is 14.6 Å². The number of H-pyrrole nitrogens is 1. The number of nitrogens with zero attached hydrogens (tertiary/aromatic N) is 1. The van der Waals surface area contributed by atoms with Gasteiger partial charge in [0.25, 0.3) is 0 Å². The number of ether oxygens (including phenoxy) is 1. The Bertz CT molecular complexity index is 826. The highest BCUT2D eigenvalue weighted by Crippen LogP contribution is 2.44. The highest BCUT2D eigenvalue weighted by molar-refractivity contribution is 5.94. The third-order valence-corrected chi connectivity index (χ3v) is 3.88. The van der Waals surface area contributed by atoms with E-state index in [0.29, 0.717) is 18.3 Å². The maximum absolute atomic E-state index is 13.4. The van der Waals surface area contributed by atoms with Crippen molar-refractivity contribution in [2.24, 2.45) is 0 Å². The van der Waals surface area contributed by atoms with E-state index in [-0.39, 0.29) is 29.3 Å². The second kappa shape index (κ2) is 5.33. The molecule has 0 aliphatic carbocycles. The average molecular weight is 324 g/mol. The van der Waals surface area contributed by atoms with Crippen LogP contribution in [0.4, 0.5) is 18.9 Å². The number of aromatic amines is 1. The van der Waals surface area contributed by atoms with E-state index in [0.717, 1.165) is 0 Å². The molecule has 2 aromatic rings. The topological polar surface area (TPSA) is 45.3 Å². The van der Waals surface area contributed by atoms with Crippen LogP contribution >= 0.6 is 0 Å². The van der Waals surface area contributed by atoms with Crippen molar-refractivity contribution in [3.05, 3.63) is 46.8 Å². The van der Waals surface area contributed by atoms with E-state index < -0.39 is 17.3 Å². The molecule has 1 aliphatic rings. The molecule has 1 N–H and O–H groups in total. The van der Waals surface area contributed by atoms with Crippen molar-refractivity contribution in [1.29, 1.82) is 0 Å². The molecule has 1 unspecified atom stereocenters. The molecule has 1 aromatic heterocycles. The Morgan fingerprint density at radius 1 is 1.48 bits per heavy atom. The van der Waals surface area contributed by atoms with Crippen LogP contribution in [0.5, 0.6) is 5.75 Å². The van der Waals surface area contributed by atoms with Gasteiger partial charge in [-0.3, -0.25) is 4.79 Å². The number of hydrogen-bond acceptors (Lipinski definition) is 3. The van der Waals surface area contributed by atoms with Crippen LogP contribution < -0.4 is 15.2 Å². The van der Waals surface area contributed by atoms with Gasteiger partial charge in [-0.2, -0.15) is 13.2 Å². The quantitative estimate of drug-likeness (QED) is 0.862. The molecular weight excluding hydrogens is 309 g/mol. The standard InChI is InChI=1S/C16H15F3N2O2/c1-3-6-21-9(2)8-23-15-12(21)5-4-11-14(15)10(16(17,18)19)7-13(22)20-11/h3-5,7,9H,1,6,8H2,2H3,(H,20,22). The third kappa shape index (κ3) is 2.56. The first-order valence-electron chi connectivity index (χ1n) is 7.10. The smallest absolute Gasteiger partial charge is 0.417 e. The number of anilines is 1. The summed E-state index contributed by atoms with van der Waals surface area (Å²) in [7, 11) is 0. The Morgan fingerprint density at radius 3 is 2.87 bits per heavy atom. The first-order chi connectivity index (χ1) is 10.8. The Hall–Kier alpha value is -2.44. The van der Waals surface area contributed by atoms with Gasteiger partial charge in [0.2, 0.25) is 5.56 Å². The number of hydrogen-bond donors (Lipinski definition) is 1. The van der Waals surface area contributed by atoms with Crippen molar-refractivity contribution in [2.45, 2.75) is 19.1 Å². The van der Waals surface area contributed by atoms with Crippen LogP contribution in [0.2, 0.25) is 0 Å². The normalized spacial score (nSPS) is 17.7. The van der Waals surface area contributed by atoms with Gasteiger partial charge in [0.05, 0.1) is 28.2 Å². The minimum absolute atomic E-state index is 0.00930. The lowest BCUT2D eigenvalue weighted by molar-refractivity contribution is -0.136. The van der Waals surface area contributed by atoms with E-state index in [4.69, 9.17) is 4.74 Å². The molecule has 7 heteroatoms. The molecule has 23 heavy (non-hydrogen) atoms. The van der Waals surface area contributed by atoms with Gasteiger partial charge in [0, 0.05) is 12.6 Å². The molecule has 122 valence electrons. The Balaban J connectivity index is 2.35. The fourth-order valence-electron chi connectivity index (χ4n) is 2.86. The Morgan fingerprint density at radius 2 is 2.22 bits per heavy atom. The fourth-order valence-corrected chi connectivity index (χ4v) is 2.86. The van der Waals surface area contributed by atoms with Gasteiger partial charge in [-0.15, -0.1) is 6.58 Å². The molecule has 0 saturated carbocycles. The van der Waals surface area contributed by atoms with E-state index in [9.17, 15) is 18.0 Å². The van der Waals surface area contributed by atoms with Crippen molar-refractivity contribution in [1.82, 2.24) is 4.98 Å². The molecule has 2 heterocycles. The van der Waals surface area contributed by atoms with Crippen LogP contribution in [0.3, 0.4) is 0 Å². The summed E-state index contributed by atoms with van der Waals surface area (Å²) >= 11 is 0. The molecule has 4 nitrogen and oxygen atoms in total. The zero-order chi connectivity index (χ0) is 16.8. The van der Waals surface area contributed by atoms with Crippen molar-refractivity contribution >= 4 is 16.6 Å². The minimum atomic E-state index is -4.64. The maximum atomic E-state index is 13.4. The van der Waals surface area contributed by atoms with Gasteiger partial charge in [0.1, 0.15) is 6.61 Å². The lowest BCUT2D eigenvalue weighted by atomic mass is 10.0. The molecule has 0 bridgehead atoms. The molecule has 0 spiro atoms. The zero-order valence-electron chi connectivity index (χ0n) is 12.4. The lowest BCUT2D eigenvalue weighted by Gasteiger charge is -2.36. The van der Waals surface area contributed by atoms with E-state index in [1.165, 1.54) is 6.07 Å². The number of rotatable bonds is 2. The predicted octanol–water partition coefficient (Wildman–Crippen LogP) is 3.32.